The van der Waals surface area contributed by atoms with Crippen molar-refractivity contribution in [3.8, 4) is 0 Å². The van der Waals surface area contributed by atoms with Gasteiger partial charge in [-0.3, -0.25) is 4.79 Å². The number of hydrogen-bond acceptors (Lipinski definition) is 2. The summed E-state index contributed by atoms with van der Waals surface area (Å²) in [7, 11) is 0. The van der Waals surface area contributed by atoms with Crippen LogP contribution in [-0.4, -0.2) is 10.5 Å². The molecule has 0 spiro atoms. The second-order valence-corrected chi connectivity index (χ2v) is 6.78. The topological polar surface area (TPSA) is 34.0 Å². The molecule has 0 bridgehead atoms. The van der Waals surface area contributed by atoms with E-state index in [1.165, 1.54) is 5.56 Å². The highest BCUT2D eigenvalue weighted by Gasteiger charge is 2.17. The van der Waals surface area contributed by atoms with Gasteiger partial charge in [0, 0.05) is 12.6 Å². The first-order valence-corrected chi connectivity index (χ1v) is 8.36. The molecule has 4 heteroatoms. The molecule has 114 valence electrons. The molecule has 1 N–H and O–H groups in total. The zero-order chi connectivity index (χ0) is 15.7. The molecule has 0 aliphatic heterocycles. The lowest BCUT2D eigenvalue weighted by atomic mass is 10.1. The van der Waals surface area contributed by atoms with Gasteiger partial charge in [-0.05, 0) is 43.8 Å². The highest BCUT2D eigenvalue weighted by Crippen LogP contribution is 2.28. The molecule has 0 saturated carbocycles. The molecule has 0 fully saturated rings. The fraction of sp³-hybridized carbons (Fsp3) is 0.278. The first-order chi connectivity index (χ1) is 10.6. The van der Waals surface area contributed by atoms with E-state index in [0.717, 1.165) is 21.5 Å². The fourth-order valence-corrected chi connectivity index (χ4v) is 3.47. The molecule has 1 aromatic carbocycles. The number of rotatable bonds is 4. The number of aryl methyl sites for hydroxylation is 1. The number of hydrogen-bond donors (Lipinski definition) is 1. The number of amides is 1. The minimum Gasteiger partial charge on any atom is -0.347 e. The molecular formula is C18H20N2OS. The standard InChI is InChI=1S/C18H20N2OS/c1-12(2)20-15-8-9-22-17(15)10-16(20)18(21)19-11-14-6-4-13(3)5-7-14/h4-10,12H,11H2,1-3H3,(H,19,21). The largest absolute Gasteiger partial charge is 0.347 e. The molecule has 0 aliphatic rings. The molecule has 1 amide bonds. The van der Waals surface area contributed by atoms with Crippen molar-refractivity contribution in [2.24, 2.45) is 0 Å². The minimum absolute atomic E-state index is 0.0160. The smallest absolute Gasteiger partial charge is 0.268 e. The maximum atomic E-state index is 12.6. The van der Waals surface area contributed by atoms with Crippen LogP contribution in [0, 0.1) is 6.92 Å². The van der Waals surface area contributed by atoms with E-state index in [0.29, 0.717) is 6.54 Å². The van der Waals surface area contributed by atoms with E-state index in [9.17, 15) is 4.79 Å². The summed E-state index contributed by atoms with van der Waals surface area (Å²) in [6.07, 6.45) is 0. The van der Waals surface area contributed by atoms with Crippen molar-refractivity contribution in [2.45, 2.75) is 33.4 Å². The number of carbonyl (C=O) groups is 1. The summed E-state index contributed by atoms with van der Waals surface area (Å²) in [5, 5.41) is 5.09. The Balaban J connectivity index is 1.81. The van der Waals surface area contributed by atoms with Crippen LogP contribution in [-0.2, 0) is 6.54 Å². The van der Waals surface area contributed by atoms with Gasteiger partial charge in [-0.1, -0.05) is 29.8 Å². The maximum absolute atomic E-state index is 12.6. The molecule has 0 saturated heterocycles. The van der Waals surface area contributed by atoms with Gasteiger partial charge in [-0.2, -0.15) is 0 Å². The van der Waals surface area contributed by atoms with E-state index in [2.05, 4.69) is 66.4 Å². The Bertz CT molecular complexity index is 796. The third-order valence-corrected chi connectivity index (χ3v) is 4.64. The zero-order valence-electron chi connectivity index (χ0n) is 13.1. The van der Waals surface area contributed by atoms with Gasteiger partial charge in [-0.15, -0.1) is 11.3 Å². The molecule has 3 aromatic rings. The third-order valence-electron chi connectivity index (χ3n) is 3.78. The second kappa shape index (κ2) is 5.97. The molecule has 0 radical (unpaired) electrons. The average Bonchev–Trinajstić information content (AvgIpc) is 3.06. The van der Waals surface area contributed by atoms with Crippen LogP contribution in [0.4, 0.5) is 0 Å². The van der Waals surface area contributed by atoms with Crippen LogP contribution < -0.4 is 5.32 Å². The summed E-state index contributed by atoms with van der Waals surface area (Å²) in [5.74, 6) is -0.0160. The van der Waals surface area contributed by atoms with E-state index in [4.69, 9.17) is 0 Å². The molecule has 22 heavy (non-hydrogen) atoms. The number of nitrogens with zero attached hydrogens (tertiary/aromatic N) is 1. The normalized spacial score (nSPS) is 11.3. The first kappa shape index (κ1) is 14.9. The maximum Gasteiger partial charge on any atom is 0.268 e. The Labute approximate surface area is 134 Å². The van der Waals surface area contributed by atoms with Crippen molar-refractivity contribution in [1.29, 1.82) is 0 Å². The van der Waals surface area contributed by atoms with Crippen molar-refractivity contribution in [1.82, 2.24) is 9.88 Å². The van der Waals surface area contributed by atoms with Gasteiger partial charge in [-0.25, -0.2) is 0 Å². The first-order valence-electron chi connectivity index (χ1n) is 7.48. The molecular weight excluding hydrogens is 292 g/mol. The van der Waals surface area contributed by atoms with Gasteiger partial charge < -0.3 is 9.88 Å². The number of carbonyl (C=O) groups excluding carboxylic acids is 1. The summed E-state index contributed by atoms with van der Waals surface area (Å²) in [4.78, 5) is 12.6. The van der Waals surface area contributed by atoms with Crippen LogP contribution in [0.25, 0.3) is 10.2 Å². The summed E-state index contributed by atoms with van der Waals surface area (Å²) < 4.78 is 3.27. The van der Waals surface area contributed by atoms with Crippen LogP contribution in [0.3, 0.4) is 0 Å². The predicted molar refractivity (Wildman–Crippen MR) is 92.5 cm³/mol. The quantitative estimate of drug-likeness (QED) is 0.755. The monoisotopic (exact) mass is 312 g/mol. The van der Waals surface area contributed by atoms with E-state index in [-0.39, 0.29) is 11.9 Å². The molecule has 0 unspecified atom stereocenters. The van der Waals surface area contributed by atoms with Crippen molar-refractivity contribution >= 4 is 27.5 Å². The van der Waals surface area contributed by atoms with E-state index >= 15 is 0 Å². The van der Waals surface area contributed by atoms with Crippen molar-refractivity contribution in [2.75, 3.05) is 0 Å². The molecule has 3 rings (SSSR count). The number of thiophene rings is 1. The van der Waals surface area contributed by atoms with Crippen LogP contribution in [0.5, 0.6) is 0 Å². The molecule has 3 nitrogen and oxygen atoms in total. The Morgan fingerprint density at radius 2 is 1.95 bits per heavy atom. The summed E-state index contributed by atoms with van der Waals surface area (Å²) in [5.41, 5.74) is 4.22. The third kappa shape index (κ3) is 2.79. The van der Waals surface area contributed by atoms with E-state index in [1.807, 2.05) is 6.07 Å². The predicted octanol–water partition coefficient (Wildman–Crippen LogP) is 4.52. The number of benzene rings is 1. The van der Waals surface area contributed by atoms with Crippen molar-refractivity contribution in [3.63, 3.8) is 0 Å². The summed E-state index contributed by atoms with van der Waals surface area (Å²) >= 11 is 1.67. The number of nitrogens with one attached hydrogen (secondary N) is 1. The SMILES string of the molecule is Cc1ccc(CNC(=O)c2cc3sccc3n2C(C)C)cc1. The summed E-state index contributed by atoms with van der Waals surface area (Å²) in [6, 6.07) is 12.6. The van der Waals surface area contributed by atoms with Crippen LogP contribution >= 0.6 is 11.3 Å². The number of aromatic nitrogens is 1. The Hall–Kier alpha value is -2.07. The van der Waals surface area contributed by atoms with Gasteiger partial charge in [0.05, 0.1) is 10.2 Å². The Morgan fingerprint density at radius 3 is 2.64 bits per heavy atom. The lowest BCUT2D eigenvalue weighted by Crippen LogP contribution is -2.26. The minimum atomic E-state index is -0.0160. The van der Waals surface area contributed by atoms with Gasteiger partial charge in [0.2, 0.25) is 0 Å². The molecule has 0 aliphatic carbocycles. The van der Waals surface area contributed by atoms with E-state index < -0.39 is 0 Å². The highest BCUT2D eigenvalue weighted by molar-refractivity contribution is 7.17. The van der Waals surface area contributed by atoms with Gasteiger partial charge >= 0.3 is 0 Å². The van der Waals surface area contributed by atoms with Crippen molar-refractivity contribution < 1.29 is 4.79 Å². The Morgan fingerprint density at radius 1 is 1.23 bits per heavy atom. The fourth-order valence-electron chi connectivity index (χ4n) is 2.65. The van der Waals surface area contributed by atoms with Gasteiger partial charge in [0.15, 0.2) is 0 Å². The molecule has 0 atom stereocenters. The average molecular weight is 312 g/mol. The second-order valence-electron chi connectivity index (χ2n) is 5.83. The lowest BCUT2D eigenvalue weighted by molar-refractivity contribution is 0.0940. The van der Waals surface area contributed by atoms with E-state index in [1.54, 1.807) is 11.3 Å². The summed E-state index contributed by atoms with van der Waals surface area (Å²) in [6.45, 7) is 6.82. The van der Waals surface area contributed by atoms with Crippen LogP contribution in [0.2, 0.25) is 0 Å². The van der Waals surface area contributed by atoms with Crippen molar-refractivity contribution in [3.05, 3.63) is 58.6 Å². The van der Waals surface area contributed by atoms with Gasteiger partial charge in [0.1, 0.15) is 5.69 Å². The van der Waals surface area contributed by atoms with Gasteiger partial charge in [0.25, 0.3) is 5.91 Å². The van der Waals surface area contributed by atoms with Crippen LogP contribution in [0.15, 0.2) is 41.8 Å². The zero-order valence-corrected chi connectivity index (χ0v) is 13.9. The lowest BCUT2D eigenvalue weighted by Gasteiger charge is -2.14. The molecule has 2 heterocycles. The highest BCUT2D eigenvalue weighted by atomic mass is 32.1. The number of fused-ring (bicyclic) bond motifs is 1. The van der Waals surface area contributed by atoms with Crippen LogP contribution in [0.1, 0.15) is 41.5 Å². The molecule has 2 aromatic heterocycles. The Kier molecular flexibility index (Phi) is 4.03.